The molecule has 3 rings (SSSR count). The van der Waals surface area contributed by atoms with Crippen LogP contribution in [0.1, 0.15) is 12.8 Å². The van der Waals surface area contributed by atoms with Crippen LogP contribution in [0.3, 0.4) is 0 Å². The molecule has 2 saturated heterocycles. The van der Waals surface area contributed by atoms with Crippen molar-refractivity contribution in [1.29, 1.82) is 0 Å². The molecule has 2 aliphatic rings. The van der Waals surface area contributed by atoms with E-state index < -0.39 is 0 Å². The molecule has 0 saturated carbocycles. The highest BCUT2D eigenvalue weighted by Gasteiger charge is 2.32. The minimum absolute atomic E-state index is 0.0765. The minimum Gasteiger partial charge on any atom is -0.492 e. The van der Waals surface area contributed by atoms with Crippen LogP contribution in [0.4, 0.5) is 0 Å². The van der Waals surface area contributed by atoms with Gasteiger partial charge in [0.25, 0.3) is 0 Å². The highest BCUT2D eigenvalue weighted by Crippen LogP contribution is 2.20. The Kier molecular flexibility index (Phi) is 6.38. The van der Waals surface area contributed by atoms with Crippen molar-refractivity contribution in [2.45, 2.75) is 12.8 Å². The lowest BCUT2D eigenvalue weighted by Crippen LogP contribution is -2.52. The van der Waals surface area contributed by atoms with E-state index in [1.807, 2.05) is 29.2 Å². The molecule has 0 bridgehead atoms. The van der Waals surface area contributed by atoms with E-state index in [2.05, 4.69) is 4.90 Å². The first kappa shape index (κ1) is 19.0. The zero-order valence-electron chi connectivity index (χ0n) is 15.2. The number of carbonyl (C=O) groups is 2. The number of rotatable bonds is 5. The summed E-state index contributed by atoms with van der Waals surface area (Å²) in [6.07, 6.45) is 1.13. The van der Waals surface area contributed by atoms with Gasteiger partial charge >= 0.3 is 0 Å². The van der Waals surface area contributed by atoms with Gasteiger partial charge in [-0.15, -0.1) is 0 Å². The minimum atomic E-state index is -0.140. The topological polar surface area (TPSA) is 53.1 Å². The second kappa shape index (κ2) is 8.73. The van der Waals surface area contributed by atoms with Crippen LogP contribution in [0, 0.1) is 5.92 Å². The first-order chi connectivity index (χ1) is 12.5. The summed E-state index contributed by atoms with van der Waals surface area (Å²) in [7, 11) is 1.80. The summed E-state index contributed by atoms with van der Waals surface area (Å²) in [5.74, 6) is 0.893. The summed E-state index contributed by atoms with van der Waals surface area (Å²) in [5.41, 5.74) is 0. The molecule has 2 fully saturated rings. The Morgan fingerprint density at radius 2 is 1.85 bits per heavy atom. The van der Waals surface area contributed by atoms with E-state index in [1.54, 1.807) is 11.9 Å². The maximum absolute atomic E-state index is 12.6. The van der Waals surface area contributed by atoms with E-state index >= 15 is 0 Å². The molecule has 1 aromatic carbocycles. The third kappa shape index (κ3) is 4.89. The zero-order chi connectivity index (χ0) is 18.5. The van der Waals surface area contributed by atoms with Crippen molar-refractivity contribution in [1.82, 2.24) is 14.7 Å². The highest BCUT2D eigenvalue weighted by molar-refractivity contribution is 6.30. The van der Waals surface area contributed by atoms with Crippen LogP contribution in [0.2, 0.25) is 5.02 Å². The molecule has 6 nitrogen and oxygen atoms in total. The van der Waals surface area contributed by atoms with Crippen LogP contribution in [0.25, 0.3) is 0 Å². The second-order valence-electron chi connectivity index (χ2n) is 6.97. The number of hydrogen-bond acceptors (Lipinski definition) is 4. The van der Waals surface area contributed by atoms with Gasteiger partial charge in [0.2, 0.25) is 11.8 Å². The maximum Gasteiger partial charge on any atom is 0.226 e. The molecule has 2 aliphatic heterocycles. The molecule has 26 heavy (non-hydrogen) atoms. The van der Waals surface area contributed by atoms with Crippen molar-refractivity contribution in [2.24, 2.45) is 5.92 Å². The fourth-order valence-corrected chi connectivity index (χ4v) is 3.55. The van der Waals surface area contributed by atoms with E-state index in [0.717, 1.165) is 44.9 Å². The van der Waals surface area contributed by atoms with E-state index in [1.165, 1.54) is 0 Å². The molecular formula is C19H26ClN3O3. The SMILES string of the molecule is CN1CCC(C(=O)N2CCN(CCOc3ccc(Cl)cc3)CC2)CC1=O. The van der Waals surface area contributed by atoms with Crippen LogP contribution < -0.4 is 4.74 Å². The lowest BCUT2D eigenvalue weighted by Gasteiger charge is -2.37. The number of ether oxygens (including phenoxy) is 1. The van der Waals surface area contributed by atoms with Crippen molar-refractivity contribution in [2.75, 3.05) is 52.9 Å². The van der Waals surface area contributed by atoms with Crippen molar-refractivity contribution >= 4 is 23.4 Å². The molecule has 0 aliphatic carbocycles. The van der Waals surface area contributed by atoms with Gasteiger partial charge in [0.1, 0.15) is 12.4 Å². The average Bonchev–Trinajstić information content (AvgIpc) is 2.65. The Balaban J connectivity index is 1.38. The van der Waals surface area contributed by atoms with Crippen molar-refractivity contribution < 1.29 is 14.3 Å². The largest absolute Gasteiger partial charge is 0.492 e. The monoisotopic (exact) mass is 379 g/mol. The van der Waals surface area contributed by atoms with Gasteiger partial charge in [-0.3, -0.25) is 14.5 Å². The highest BCUT2D eigenvalue weighted by atomic mass is 35.5. The lowest BCUT2D eigenvalue weighted by atomic mass is 9.94. The third-order valence-corrected chi connectivity index (χ3v) is 5.43. The van der Waals surface area contributed by atoms with Gasteiger partial charge in [-0.05, 0) is 30.7 Å². The van der Waals surface area contributed by atoms with Gasteiger partial charge in [-0.2, -0.15) is 0 Å². The first-order valence-corrected chi connectivity index (χ1v) is 9.54. The molecule has 2 amide bonds. The number of hydrogen-bond donors (Lipinski definition) is 0. The zero-order valence-corrected chi connectivity index (χ0v) is 16.0. The summed E-state index contributed by atoms with van der Waals surface area (Å²) < 4.78 is 5.73. The molecule has 142 valence electrons. The van der Waals surface area contributed by atoms with Crippen molar-refractivity contribution in [3.8, 4) is 5.75 Å². The number of piperidine rings is 1. The Labute approximate surface area is 159 Å². The smallest absolute Gasteiger partial charge is 0.226 e. The summed E-state index contributed by atoms with van der Waals surface area (Å²) in [4.78, 5) is 30.4. The van der Waals surface area contributed by atoms with Crippen molar-refractivity contribution in [3.63, 3.8) is 0 Å². The number of benzene rings is 1. The molecular weight excluding hydrogens is 354 g/mol. The molecule has 0 N–H and O–H groups in total. The summed E-state index contributed by atoms with van der Waals surface area (Å²) in [6.45, 7) is 5.25. The van der Waals surface area contributed by atoms with E-state index in [-0.39, 0.29) is 17.7 Å². The molecule has 1 aromatic rings. The standard InChI is InChI=1S/C19H26ClN3O3/c1-21-7-6-15(14-18(21)24)19(25)23-10-8-22(9-11-23)12-13-26-17-4-2-16(20)3-5-17/h2-5,15H,6-14H2,1H3. The quantitative estimate of drug-likeness (QED) is 0.781. The summed E-state index contributed by atoms with van der Waals surface area (Å²) in [5, 5.41) is 0.699. The van der Waals surface area contributed by atoms with Crippen LogP contribution in [-0.4, -0.2) is 79.4 Å². The van der Waals surface area contributed by atoms with E-state index in [0.29, 0.717) is 24.6 Å². The van der Waals surface area contributed by atoms with Gasteiger partial charge in [0, 0.05) is 63.7 Å². The summed E-state index contributed by atoms with van der Waals surface area (Å²) >= 11 is 5.86. The van der Waals surface area contributed by atoms with E-state index in [9.17, 15) is 9.59 Å². The van der Waals surface area contributed by atoms with Crippen LogP contribution >= 0.6 is 11.6 Å². The van der Waals surface area contributed by atoms with Gasteiger partial charge < -0.3 is 14.5 Å². The Morgan fingerprint density at radius 3 is 2.50 bits per heavy atom. The Morgan fingerprint density at radius 1 is 1.15 bits per heavy atom. The lowest BCUT2D eigenvalue weighted by molar-refractivity contribution is -0.145. The second-order valence-corrected chi connectivity index (χ2v) is 7.41. The van der Waals surface area contributed by atoms with Gasteiger partial charge in [0.05, 0.1) is 0 Å². The molecule has 0 aromatic heterocycles. The molecule has 1 unspecified atom stereocenters. The van der Waals surface area contributed by atoms with Crippen LogP contribution in [0.5, 0.6) is 5.75 Å². The number of halogens is 1. The van der Waals surface area contributed by atoms with Gasteiger partial charge in [0.15, 0.2) is 0 Å². The number of amides is 2. The molecule has 2 heterocycles. The normalized spacial score (nSPS) is 21.8. The van der Waals surface area contributed by atoms with Gasteiger partial charge in [-0.1, -0.05) is 11.6 Å². The summed E-state index contributed by atoms with van der Waals surface area (Å²) in [6, 6.07) is 7.35. The van der Waals surface area contributed by atoms with Crippen molar-refractivity contribution in [3.05, 3.63) is 29.3 Å². The number of carbonyl (C=O) groups excluding carboxylic acids is 2. The molecule has 0 spiro atoms. The van der Waals surface area contributed by atoms with Crippen LogP contribution in [-0.2, 0) is 9.59 Å². The fourth-order valence-electron chi connectivity index (χ4n) is 3.43. The molecule has 7 heteroatoms. The Bertz CT molecular complexity index is 629. The fraction of sp³-hybridized carbons (Fsp3) is 0.579. The average molecular weight is 380 g/mol. The van der Waals surface area contributed by atoms with Crippen LogP contribution in [0.15, 0.2) is 24.3 Å². The first-order valence-electron chi connectivity index (χ1n) is 9.16. The Hall–Kier alpha value is -1.79. The maximum atomic E-state index is 12.6. The third-order valence-electron chi connectivity index (χ3n) is 5.18. The number of nitrogens with zero attached hydrogens (tertiary/aromatic N) is 3. The van der Waals surface area contributed by atoms with Gasteiger partial charge in [-0.25, -0.2) is 0 Å². The van der Waals surface area contributed by atoms with E-state index in [4.69, 9.17) is 16.3 Å². The number of piperazine rings is 1. The molecule has 0 radical (unpaired) electrons. The predicted molar refractivity (Wildman–Crippen MR) is 100 cm³/mol. The number of likely N-dealkylation sites (tertiary alicyclic amines) is 1. The predicted octanol–water partition coefficient (Wildman–Crippen LogP) is 1.73. The molecule has 1 atom stereocenters.